The Morgan fingerprint density at radius 1 is 1.29 bits per heavy atom. The Morgan fingerprint density at radius 2 is 2.00 bits per heavy atom. The van der Waals surface area contributed by atoms with E-state index >= 15 is 0 Å². The first kappa shape index (κ1) is 21.8. The maximum Gasteiger partial charge on any atom is 0.411 e. The zero-order valence-electron chi connectivity index (χ0n) is 17.8. The number of halogens is 2. The van der Waals surface area contributed by atoms with Crippen molar-refractivity contribution in [3.05, 3.63) is 46.3 Å². The summed E-state index contributed by atoms with van der Waals surface area (Å²) >= 11 is 3.41. The largest absolute Gasteiger partial charge is 0.444 e. The molecule has 1 spiro atoms. The van der Waals surface area contributed by atoms with Gasteiger partial charge in [0.1, 0.15) is 17.5 Å². The minimum Gasteiger partial charge on any atom is -0.444 e. The van der Waals surface area contributed by atoms with Gasteiger partial charge in [-0.25, -0.2) is 9.18 Å². The van der Waals surface area contributed by atoms with Crippen LogP contribution in [0.5, 0.6) is 0 Å². The van der Waals surface area contributed by atoms with Crippen molar-refractivity contribution >= 4 is 33.7 Å². The fourth-order valence-corrected chi connectivity index (χ4v) is 4.48. The number of ether oxygens (including phenoxy) is 1. The van der Waals surface area contributed by atoms with Gasteiger partial charge in [-0.3, -0.25) is 14.4 Å². The van der Waals surface area contributed by atoms with E-state index in [1.807, 2.05) is 20.8 Å². The van der Waals surface area contributed by atoms with Gasteiger partial charge in [0, 0.05) is 17.3 Å². The van der Waals surface area contributed by atoms with Gasteiger partial charge in [-0.1, -0.05) is 18.2 Å². The lowest BCUT2D eigenvalue weighted by Crippen LogP contribution is -2.49. The standard InChI is InChI=1S/C22H26BrFN4O3/c1-21(2,3)31-20(30)28-17(8-9-22(28)10-11-22)19(29)25-18-15(23)13-27(26-18)12-14-6-4-5-7-16(14)24/h4-7,13,17H,8-12H2,1-3H3,(H,25,26,29). The molecule has 4 rings (SSSR count). The molecule has 1 aromatic heterocycles. The highest BCUT2D eigenvalue weighted by Crippen LogP contribution is 2.52. The Labute approximate surface area is 189 Å². The SMILES string of the molecule is CC(C)(C)OC(=O)N1C(C(=O)Nc2nn(Cc3ccccc3F)cc2Br)CCC12CC2. The van der Waals surface area contributed by atoms with Crippen LogP contribution in [0.4, 0.5) is 15.0 Å². The summed E-state index contributed by atoms with van der Waals surface area (Å²) in [7, 11) is 0. The molecule has 1 unspecified atom stereocenters. The minimum atomic E-state index is -0.634. The molecule has 2 aromatic rings. The maximum atomic E-state index is 13.9. The first-order valence-electron chi connectivity index (χ1n) is 10.4. The quantitative estimate of drug-likeness (QED) is 0.670. The van der Waals surface area contributed by atoms with Crippen molar-refractivity contribution in [3.8, 4) is 0 Å². The molecule has 1 aromatic carbocycles. The van der Waals surface area contributed by atoms with Gasteiger partial charge >= 0.3 is 6.09 Å². The number of carbonyl (C=O) groups is 2. The highest BCUT2D eigenvalue weighted by atomic mass is 79.9. The molecule has 0 bridgehead atoms. The summed E-state index contributed by atoms with van der Waals surface area (Å²) in [6.07, 6.45) is 4.37. The number of likely N-dealkylation sites (tertiary alicyclic amines) is 1. The number of rotatable bonds is 4. The Morgan fingerprint density at radius 3 is 2.65 bits per heavy atom. The molecule has 1 N–H and O–H groups in total. The molecule has 2 heterocycles. The first-order chi connectivity index (χ1) is 14.6. The predicted molar refractivity (Wildman–Crippen MR) is 117 cm³/mol. The molecule has 2 aliphatic rings. The van der Waals surface area contributed by atoms with Gasteiger partial charge in [-0.2, -0.15) is 5.10 Å². The normalized spacial score (nSPS) is 19.5. The molecule has 0 radical (unpaired) electrons. The van der Waals surface area contributed by atoms with E-state index in [-0.39, 0.29) is 23.8 Å². The molecule has 9 heteroatoms. The number of nitrogens with zero attached hydrogens (tertiary/aromatic N) is 3. The predicted octanol–water partition coefficient (Wildman–Crippen LogP) is 4.70. The van der Waals surface area contributed by atoms with Crippen LogP contribution in [0.3, 0.4) is 0 Å². The van der Waals surface area contributed by atoms with E-state index in [0.29, 0.717) is 22.3 Å². The molecule has 1 aliphatic heterocycles. The van der Waals surface area contributed by atoms with Crippen LogP contribution in [-0.4, -0.2) is 43.9 Å². The zero-order valence-corrected chi connectivity index (χ0v) is 19.4. The molecule has 1 atom stereocenters. The number of anilines is 1. The zero-order chi connectivity index (χ0) is 22.4. The number of amides is 2. The molecule has 1 aliphatic carbocycles. The number of carbonyl (C=O) groups excluding carboxylic acids is 2. The summed E-state index contributed by atoms with van der Waals surface area (Å²) in [5.74, 6) is -0.276. The molecule has 7 nitrogen and oxygen atoms in total. The van der Waals surface area contributed by atoms with Crippen LogP contribution in [0.2, 0.25) is 0 Å². The van der Waals surface area contributed by atoms with Gasteiger partial charge < -0.3 is 10.1 Å². The molecule has 166 valence electrons. The van der Waals surface area contributed by atoms with Gasteiger partial charge in [0.15, 0.2) is 5.82 Å². The van der Waals surface area contributed by atoms with Crippen molar-refractivity contribution in [2.45, 2.75) is 70.2 Å². The summed E-state index contributed by atoms with van der Waals surface area (Å²) in [4.78, 5) is 27.6. The van der Waals surface area contributed by atoms with Crippen LogP contribution in [0, 0.1) is 5.82 Å². The Bertz CT molecular complexity index is 1010. The molecule has 31 heavy (non-hydrogen) atoms. The van der Waals surface area contributed by atoms with Crippen LogP contribution in [0.1, 0.15) is 52.0 Å². The first-order valence-corrected chi connectivity index (χ1v) is 11.2. The maximum absolute atomic E-state index is 13.9. The molecular weight excluding hydrogens is 467 g/mol. The minimum absolute atomic E-state index is 0.234. The fourth-order valence-electron chi connectivity index (χ4n) is 4.06. The highest BCUT2D eigenvalue weighted by Gasteiger charge is 2.59. The lowest BCUT2D eigenvalue weighted by Gasteiger charge is -2.32. The second kappa shape index (κ2) is 7.93. The monoisotopic (exact) mass is 492 g/mol. The fraction of sp³-hybridized carbons (Fsp3) is 0.500. The van der Waals surface area contributed by atoms with Crippen molar-refractivity contribution in [2.75, 3.05) is 5.32 Å². The van der Waals surface area contributed by atoms with Crippen LogP contribution >= 0.6 is 15.9 Å². The summed E-state index contributed by atoms with van der Waals surface area (Å²) in [5.41, 5.74) is -0.394. The van der Waals surface area contributed by atoms with Crippen molar-refractivity contribution in [3.63, 3.8) is 0 Å². The van der Waals surface area contributed by atoms with Gasteiger partial charge in [-0.05, 0) is 68.5 Å². The van der Waals surface area contributed by atoms with Gasteiger partial charge in [-0.15, -0.1) is 0 Å². The summed E-state index contributed by atoms with van der Waals surface area (Å²) in [5, 5.41) is 7.20. The Balaban J connectivity index is 1.48. The number of benzene rings is 1. The van der Waals surface area contributed by atoms with Crippen LogP contribution < -0.4 is 5.32 Å². The number of hydrogen-bond donors (Lipinski definition) is 1. The smallest absolute Gasteiger partial charge is 0.411 e. The van der Waals surface area contributed by atoms with Crippen molar-refractivity contribution in [1.82, 2.24) is 14.7 Å². The Kier molecular flexibility index (Phi) is 5.57. The molecule has 1 saturated heterocycles. The van der Waals surface area contributed by atoms with E-state index in [4.69, 9.17) is 4.74 Å². The van der Waals surface area contributed by atoms with E-state index in [2.05, 4.69) is 26.3 Å². The van der Waals surface area contributed by atoms with E-state index < -0.39 is 17.7 Å². The average molecular weight is 493 g/mol. The van der Waals surface area contributed by atoms with Gasteiger partial charge in [0.05, 0.1) is 11.0 Å². The highest BCUT2D eigenvalue weighted by molar-refractivity contribution is 9.10. The third kappa shape index (κ3) is 4.61. The third-order valence-corrected chi connectivity index (χ3v) is 6.25. The summed E-state index contributed by atoms with van der Waals surface area (Å²) in [6.45, 7) is 5.68. The molecular formula is C22H26BrFN4O3. The molecule has 2 fully saturated rings. The molecule has 2 amide bonds. The number of aromatic nitrogens is 2. The van der Waals surface area contributed by atoms with Gasteiger partial charge in [0.2, 0.25) is 5.91 Å². The Hall–Kier alpha value is -2.42. The van der Waals surface area contributed by atoms with Crippen LogP contribution in [-0.2, 0) is 16.1 Å². The molecule has 1 saturated carbocycles. The van der Waals surface area contributed by atoms with Gasteiger partial charge in [0.25, 0.3) is 0 Å². The van der Waals surface area contributed by atoms with Crippen molar-refractivity contribution in [2.24, 2.45) is 0 Å². The van der Waals surface area contributed by atoms with E-state index in [1.54, 1.807) is 34.0 Å². The van der Waals surface area contributed by atoms with Crippen molar-refractivity contribution in [1.29, 1.82) is 0 Å². The van der Waals surface area contributed by atoms with Crippen molar-refractivity contribution < 1.29 is 18.7 Å². The topological polar surface area (TPSA) is 76.5 Å². The lowest BCUT2D eigenvalue weighted by atomic mass is 10.2. The third-order valence-electron chi connectivity index (χ3n) is 5.67. The van der Waals surface area contributed by atoms with Crippen LogP contribution in [0.15, 0.2) is 34.9 Å². The second-order valence-electron chi connectivity index (χ2n) is 9.23. The second-order valence-corrected chi connectivity index (χ2v) is 10.1. The average Bonchev–Trinajstić information content (AvgIpc) is 3.21. The lowest BCUT2D eigenvalue weighted by molar-refractivity contribution is -0.121. The van der Waals surface area contributed by atoms with E-state index in [0.717, 1.165) is 19.3 Å². The van der Waals surface area contributed by atoms with E-state index in [1.165, 1.54) is 6.07 Å². The number of nitrogens with one attached hydrogen (secondary N) is 1. The van der Waals surface area contributed by atoms with Crippen LogP contribution in [0.25, 0.3) is 0 Å². The summed E-state index contributed by atoms with van der Waals surface area (Å²) in [6, 6.07) is 5.87. The number of hydrogen-bond acceptors (Lipinski definition) is 4. The van der Waals surface area contributed by atoms with E-state index in [9.17, 15) is 14.0 Å². The summed E-state index contributed by atoms with van der Waals surface area (Å²) < 4.78 is 21.7.